The van der Waals surface area contributed by atoms with Gasteiger partial charge in [0, 0.05) is 19.3 Å². The first-order valence-corrected chi connectivity index (χ1v) is 9.70. The highest BCUT2D eigenvalue weighted by Gasteiger charge is 2.41. The van der Waals surface area contributed by atoms with Crippen molar-refractivity contribution in [3.8, 4) is 11.5 Å². The maximum atomic E-state index is 14.1. The van der Waals surface area contributed by atoms with Gasteiger partial charge in [0.15, 0.2) is 17.1 Å². The van der Waals surface area contributed by atoms with Crippen LogP contribution in [-0.2, 0) is 6.18 Å². The van der Waals surface area contributed by atoms with Gasteiger partial charge in [-0.2, -0.15) is 28.5 Å². The highest BCUT2D eigenvalue weighted by atomic mass is 19.4. The largest absolute Gasteiger partial charge is 0.460 e. The van der Waals surface area contributed by atoms with E-state index >= 15 is 0 Å². The molecular formula is C20H14F3N9O2. The van der Waals surface area contributed by atoms with E-state index in [1.165, 1.54) is 54.0 Å². The van der Waals surface area contributed by atoms with Gasteiger partial charge < -0.3 is 15.1 Å². The van der Waals surface area contributed by atoms with Gasteiger partial charge in [0.05, 0.1) is 48.0 Å². The van der Waals surface area contributed by atoms with Crippen LogP contribution in [0.1, 0.15) is 16.1 Å². The minimum absolute atomic E-state index is 0.00316. The maximum Gasteiger partial charge on any atom is 0.434 e. The number of aromatic nitrogens is 7. The summed E-state index contributed by atoms with van der Waals surface area (Å²) in [6, 6.07) is 4.33. The summed E-state index contributed by atoms with van der Waals surface area (Å²) in [7, 11) is 1.62. The highest BCUT2D eigenvalue weighted by Crippen LogP contribution is 2.35. The van der Waals surface area contributed by atoms with Crippen LogP contribution in [0, 0.1) is 0 Å². The molecule has 0 radical (unpaired) electrons. The van der Waals surface area contributed by atoms with E-state index in [-0.39, 0.29) is 17.0 Å². The number of alkyl halides is 3. The lowest BCUT2D eigenvalue weighted by Gasteiger charge is -2.13. The van der Waals surface area contributed by atoms with E-state index in [0.717, 1.165) is 6.20 Å². The number of amides is 1. The van der Waals surface area contributed by atoms with Gasteiger partial charge in [0.2, 0.25) is 0 Å². The monoisotopic (exact) mass is 469 g/mol. The van der Waals surface area contributed by atoms with E-state index in [0.29, 0.717) is 21.7 Å². The quantitative estimate of drug-likeness (QED) is 0.401. The third kappa shape index (κ3) is 3.60. The smallest absolute Gasteiger partial charge is 0.434 e. The fourth-order valence-electron chi connectivity index (χ4n) is 3.39. The van der Waals surface area contributed by atoms with Crippen molar-refractivity contribution in [2.24, 2.45) is 0 Å². The number of hydrogen-bond acceptors (Lipinski definition) is 8. The van der Waals surface area contributed by atoms with Gasteiger partial charge in [0.25, 0.3) is 5.91 Å². The molecule has 5 rings (SSSR count). The third-order valence-electron chi connectivity index (χ3n) is 4.84. The van der Waals surface area contributed by atoms with Crippen LogP contribution >= 0.6 is 0 Å². The molecule has 34 heavy (non-hydrogen) atoms. The molecule has 1 amide bonds. The van der Waals surface area contributed by atoms with Crippen molar-refractivity contribution in [2.45, 2.75) is 6.18 Å². The molecule has 0 saturated heterocycles. The molecule has 5 aromatic heterocycles. The van der Waals surface area contributed by atoms with Crippen LogP contribution < -0.4 is 10.6 Å². The van der Waals surface area contributed by atoms with E-state index in [2.05, 4.69) is 35.9 Å². The molecule has 0 aliphatic heterocycles. The molecule has 0 spiro atoms. The second-order valence-electron chi connectivity index (χ2n) is 6.90. The number of carbonyl (C=O) groups excluding carboxylic acids is 1. The zero-order valence-electron chi connectivity index (χ0n) is 17.3. The molecular weight excluding hydrogens is 455 g/mol. The predicted molar refractivity (Wildman–Crippen MR) is 113 cm³/mol. The van der Waals surface area contributed by atoms with E-state index in [9.17, 15) is 18.0 Å². The predicted octanol–water partition coefficient (Wildman–Crippen LogP) is 3.30. The number of anilines is 2. The highest BCUT2D eigenvalue weighted by molar-refractivity contribution is 6.05. The molecule has 0 saturated carbocycles. The summed E-state index contributed by atoms with van der Waals surface area (Å²) in [5.41, 5.74) is -0.878. The maximum absolute atomic E-state index is 14.1. The Morgan fingerprint density at radius 1 is 1.06 bits per heavy atom. The number of nitrogens with one attached hydrogen (secondary N) is 2. The number of hydrogen-bond donors (Lipinski definition) is 2. The van der Waals surface area contributed by atoms with E-state index < -0.39 is 23.3 Å². The fourth-order valence-corrected chi connectivity index (χ4v) is 3.39. The van der Waals surface area contributed by atoms with E-state index in [4.69, 9.17) is 4.42 Å². The molecule has 0 unspecified atom stereocenters. The van der Waals surface area contributed by atoms with Crippen LogP contribution in [0.15, 0.2) is 59.9 Å². The summed E-state index contributed by atoms with van der Waals surface area (Å²) in [4.78, 5) is 22.4. The van der Waals surface area contributed by atoms with Crippen LogP contribution in [0.2, 0.25) is 0 Å². The number of nitrogens with zero attached hydrogens (tertiary/aromatic N) is 7. The topological polar surface area (TPSA) is 129 Å². The number of fused-ring (bicyclic) bond motifs is 1. The molecule has 0 aromatic carbocycles. The zero-order valence-corrected chi connectivity index (χ0v) is 17.3. The van der Waals surface area contributed by atoms with Crippen molar-refractivity contribution in [3.05, 3.63) is 66.7 Å². The van der Waals surface area contributed by atoms with Gasteiger partial charge in [-0.25, -0.2) is 9.67 Å². The first-order valence-electron chi connectivity index (χ1n) is 9.70. The van der Waals surface area contributed by atoms with Crippen molar-refractivity contribution in [2.75, 3.05) is 17.7 Å². The molecule has 0 fully saturated rings. The lowest BCUT2D eigenvalue weighted by atomic mass is 10.2. The van der Waals surface area contributed by atoms with Gasteiger partial charge in [-0.15, -0.1) is 4.80 Å². The van der Waals surface area contributed by atoms with Crippen LogP contribution in [0.5, 0.6) is 0 Å². The standard InChI is InChI=1S/C20H14F3N9O2/c1-24-14-8-11(9-26-18(14)32-27-5-6-28-32)30-19(33)12-10-29-31(17(12)20(21,22)23)15-2-4-25-13-3-7-34-16(13)15/h2-10,24H,1H3,(H,30,33). The number of rotatable bonds is 5. The van der Waals surface area contributed by atoms with Gasteiger partial charge in [-0.1, -0.05) is 0 Å². The number of halogens is 3. The molecule has 11 nitrogen and oxygen atoms in total. The van der Waals surface area contributed by atoms with Crippen molar-refractivity contribution < 1.29 is 22.4 Å². The zero-order chi connectivity index (χ0) is 23.9. The van der Waals surface area contributed by atoms with Crippen molar-refractivity contribution in [3.63, 3.8) is 0 Å². The normalized spacial score (nSPS) is 11.6. The molecule has 0 atom stereocenters. The summed E-state index contributed by atoms with van der Waals surface area (Å²) in [6.07, 6.45) is 2.80. The molecule has 5 aromatic rings. The lowest BCUT2D eigenvalue weighted by Crippen LogP contribution is -2.21. The van der Waals surface area contributed by atoms with Gasteiger partial charge in [-0.05, 0) is 12.1 Å². The number of carbonyl (C=O) groups is 1. The fraction of sp³-hybridized carbons (Fsp3) is 0.100. The van der Waals surface area contributed by atoms with E-state index in [1.54, 1.807) is 7.05 Å². The number of furan rings is 1. The Labute approximate surface area is 188 Å². The molecule has 172 valence electrons. The Hall–Kier alpha value is -4.75. The average Bonchev–Trinajstić information content (AvgIpc) is 3.58. The molecule has 2 N–H and O–H groups in total. The average molecular weight is 469 g/mol. The summed E-state index contributed by atoms with van der Waals surface area (Å²) in [6.45, 7) is 0. The van der Waals surface area contributed by atoms with Gasteiger partial charge in [-0.3, -0.25) is 9.78 Å². The first kappa shape index (κ1) is 21.1. The SMILES string of the molecule is CNc1cc(NC(=O)c2cnn(-c3ccnc4ccoc34)c2C(F)(F)F)cnc1-n1nccn1. The summed E-state index contributed by atoms with van der Waals surface area (Å²) in [5.74, 6) is -0.674. The third-order valence-corrected chi connectivity index (χ3v) is 4.84. The summed E-state index contributed by atoms with van der Waals surface area (Å²) in [5, 5.41) is 17.1. The van der Waals surface area contributed by atoms with Gasteiger partial charge in [0.1, 0.15) is 11.2 Å². The first-order chi connectivity index (χ1) is 16.4. The Morgan fingerprint density at radius 2 is 1.85 bits per heavy atom. The Morgan fingerprint density at radius 3 is 2.59 bits per heavy atom. The van der Waals surface area contributed by atoms with Crippen molar-refractivity contribution in [1.82, 2.24) is 34.7 Å². The molecule has 0 aliphatic carbocycles. The van der Waals surface area contributed by atoms with Crippen LogP contribution in [0.25, 0.3) is 22.6 Å². The Bertz CT molecular complexity index is 1490. The van der Waals surface area contributed by atoms with Crippen LogP contribution in [-0.4, -0.2) is 47.7 Å². The lowest BCUT2D eigenvalue weighted by molar-refractivity contribution is -0.143. The minimum atomic E-state index is -4.89. The molecule has 14 heteroatoms. The molecule has 5 heterocycles. The van der Waals surface area contributed by atoms with E-state index in [1.807, 2.05) is 0 Å². The Balaban J connectivity index is 1.52. The minimum Gasteiger partial charge on any atom is -0.460 e. The summed E-state index contributed by atoms with van der Waals surface area (Å²) >= 11 is 0. The van der Waals surface area contributed by atoms with Crippen LogP contribution in [0.3, 0.4) is 0 Å². The molecule has 0 aliphatic rings. The Kier molecular flexibility index (Phi) is 4.96. The van der Waals surface area contributed by atoms with Crippen molar-refractivity contribution >= 4 is 28.4 Å². The van der Waals surface area contributed by atoms with Gasteiger partial charge >= 0.3 is 6.18 Å². The summed E-state index contributed by atoms with van der Waals surface area (Å²) < 4.78 is 48.1. The van der Waals surface area contributed by atoms with Crippen LogP contribution in [0.4, 0.5) is 24.5 Å². The number of pyridine rings is 2. The second kappa shape index (κ2) is 7.99. The van der Waals surface area contributed by atoms with Crippen molar-refractivity contribution in [1.29, 1.82) is 0 Å². The second-order valence-corrected chi connectivity index (χ2v) is 6.90. The molecule has 0 bridgehead atoms.